The maximum absolute atomic E-state index is 3.92. The molecule has 13 heavy (non-hydrogen) atoms. The summed E-state index contributed by atoms with van der Waals surface area (Å²) in [7, 11) is 0. The average Bonchev–Trinajstić information content (AvgIpc) is 2.22. The topological polar surface area (TPSA) is 24.7 Å². The number of aliphatic imine (C=N–C) groups is 2. The molecule has 0 aromatic heterocycles. The van der Waals surface area contributed by atoms with Gasteiger partial charge in [0.05, 0.1) is 11.4 Å². The largest absolute Gasteiger partial charge is 0.263 e. The van der Waals surface area contributed by atoms with Crippen molar-refractivity contribution in [2.75, 3.05) is 0 Å². The van der Waals surface area contributed by atoms with Gasteiger partial charge in [0.1, 0.15) is 0 Å². The molecule has 0 aromatic carbocycles. The highest BCUT2D eigenvalue weighted by atomic mass is 14.8. The summed E-state index contributed by atoms with van der Waals surface area (Å²) in [6.45, 7) is 11.2. The van der Waals surface area contributed by atoms with Crippen LogP contribution in [0.4, 0.5) is 0 Å². The van der Waals surface area contributed by atoms with Gasteiger partial charge in [-0.05, 0) is 25.6 Å². The molecule has 0 saturated carbocycles. The summed E-state index contributed by atoms with van der Waals surface area (Å²) >= 11 is 0. The van der Waals surface area contributed by atoms with Crippen molar-refractivity contribution in [1.82, 2.24) is 0 Å². The van der Waals surface area contributed by atoms with Crippen molar-refractivity contribution in [3.05, 3.63) is 35.7 Å². The Morgan fingerprint density at radius 2 is 1.77 bits per heavy atom. The molecule has 0 atom stereocenters. The Morgan fingerprint density at radius 3 is 2.31 bits per heavy atom. The second-order valence-electron chi connectivity index (χ2n) is 3.58. The number of hydrogen-bond donors (Lipinski definition) is 0. The molecule has 2 heteroatoms. The lowest BCUT2D eigenvalue weighted by atomic mass is 9.92. The van der Waals surface area contributed by atoms with E-state index in [9.17, 15) is 0 Å². The van der Waals surface area contributed by atoms with E-state index in [1.165, 1.54) is 0 Å². The lowest BCUT2D eigenvalue weighted by Gasteiger charge is -2.14. The van der Waals surface area contributed by atoms with Crippen LogP contribution in [0.3, 0.4) is 0 Å². The van der Waals surface area contributed by atoms with Crippen LogP contribution < -0.4 is 0 Å². The molecule has 1 rings (SSSR count). The first kappa shape index (κ1) is 9.65. The number of allylic oxidation sites excluding steroid dienone is 4. The van der Waals surface area contributed by atoms with Crippen LogP contribution in [0.2, 0.25) is 0 Å². The SMILES string of the molecule is C=NC1=CC=CC(C)(C)C=C1N=C. The quantitative estimate of drug-likeness (QED) is 0.575. The fraction of sp³-hybridized carbons (Fsp3) is 0.273. The van der Waals surface area contributed by atoms with Gasteiger partial charge in [-0.3, -0.25) is 9.98 Å². The molecule has 0 spiro atoms. The summed E-state index contributed by atoms with van der Waals surface area (Å²) in [6.07, 6.45) is 7.99. The second kappa shape index (κ2) is 3.52. The molecular formula is C11H14N2. The molecule has 0 fully saturated rings. The van der Waals surface area contributed by atoms with Gasteiger partial charge in [0.2, 0.25) is 0 Å². The van der Waals surface area contributed by atoms with E-state index in [0.29, 0.717) is 0 Å². The standard InChI is InChI=1S/C11H14N2/c1-11(2)7-5-6-9(12-3)10(8-11)13-4/h5-8H,3-4H2,1-2H3. The first-order valence-corrected chi connectivity index (χ1v) is 4.15. The van der Waals surface area contributed by atoms with Crippen LogP contribution in [0.15, 0.2) is 45.7 Å². The molecule has 0 N–H and O–H groups in total. The van der Waals surface area contributed by atoms with Crippen molar-refractivity contribution in [3.8, 4) is 0 Å². The van der Waals surface area contributed by atoms with E-state index in [0.717, 1.165) is 11.4 Å². The molecule has 68 valence electrons. The number of nitrogens with zero attached hydrogens (tertiary/aromatic N) is 2. The van der Waals surface area contributed by atoms with Crippen LogP contribution in [-0.2, 0) is 0 Å². The van der Waals surface area contributed by atoms with Gasteiger partial charge in [0.25, 0.3) is 0 Å². The monoisotopic (exact) mass is 174 g/mol. The first-order chi connectivity index (χ1) is 6.09. The Morgan fingerprint density at radius 1 is 1.15 bits per heavy atom. The second-order valence-corrected chi connectivity index (χ2v) is 3.58. The van der Waals surface area contributed by atoms with Gasteiger partial charge < -0.3 is 0 Å². The molecule has 0 heterocycles. The maximum Gasteiger partial charge on any atom is 0.0875 e. The summed E-state index contributed by atoms with van der Waals surface area (Å²) in [5.41, 5.74) is 1.57. The molecule has 0 radical (unpaired) electrons. The van der Waals surface area contributed by atoms with Gasteiger partial charge in [-0.1, -0.05) is 26.0 Å². The van der Waals surface area contributed by atoms with Gasteiger partial charge in [0, 0.05) is 5.41 Å². The number of rotatable bonds is 2. The van der Waals surface area contributed by atoms with Crippen LogP contribution in [0.25, 0.3) is 0 Å². The van der Waals surface area contributed by atoms with Crippen molar-refractivity contribution >= 4 is 13.4 Å². The Balaban J connectivity index is 3.18. The van der Waals surface area contributed by atoms with E-state index in [4.69, 9.17) is 0 Å². The van der Waals surface area contributed by atoms with Crippen molar-refractivity contribution in [2.24, 2.45) is 15.4 Å². The minimum atomic E-state index is -0.000532. The highest BCUT2D eigenvalue weighted by Gasteiger charge is 2.14. The van der Waals surface area contributed by atoms with Crippen LogP contribution in [0, 0.1) is 5.41 Å². The smallest absolute Gasteiger partial charge is 0.0875 e. The highest BCUT2D eigenvalue weighted by Crippen LogP contribution is 2.27. The maximum atomic E-state index is 3.92. The minimum Gasteiger partial charge on any atom is -0.263 e. The van der Waals surface area contributed by atoms with E-state index in [-0.39, 0.29) is 5.41 Å². The Hall–Kier alpha value is -1.44. The summed E-state index contributed by atoms with van der Waals surface area (Å²) in [5, 5.41) is 0. The molecular weight excluding hydrogens is 160 g/mol. The Labute approximate surface area is 79.1 Å². The number of hydrogen-bond acceptors (Lipinski definition) is 2. The summed E-state index contributed by atoms with van der Waals surface area (Å²) in [5.74, 6) is 0. The highest BCUT2D eigenvalue weighted by molar-refractivity contribution is 5.46. The van der Waals surface area contributed by atoms with Gasteiger partial charge in [0.15, 0.2) is 0 Å². The Kier molecular flexibility index (Phi) is 2.61. The van der Waals surface area contributed by atoms with Crippen LogP contribution in [0.1, 0.15) is 13.8 Å². The molecule has 0 aromatic rings. The summed E-state index contributed by atoms with van der Waals surface area (Å²) in [4.78, 5) is 7.81. The van der Waals surface area contributed by atoms with Gasteiger partial charge in [-0.15, -0.1) is 0 Å². The Bertz CT molecular complexity index is 317. The molecule has 0 amide bonds. The van der Waals surface area contributed by atoms with E-state index in [1.54, 1.807) is 0 Å². The summed E-state index contributed by atoms with van der Waals surface area (Å²) < 4.78 is 0. The zero-order valence-corrected chi connectivity index (χ0v) is 8.12. The third kappa shape index (κ3) is 2.25. The van der Waals surface area contributed by atoms with E-state index in [1.807, 2.05) is 18.2 Å². The van der Waals surface area contributed by atoms with Gasteiger partial charge in [-0.2, -0.15) is 0 Å². The van der Waals surface area contributed by atoms with Crippen LogP contribution >= 0.6 is 0 Å². The molecule has 1 aliphatic rings. The minimum absolute atomic E-state index is 0.000532. The first-order valence-electron chi connectivity index (χ1n) is 4.15. The molecule has 0 bridgehead atoms. The summed E-state index contributed by atoms with van der Waals surface area (Å²) in [6, 6.07) is 0. The van der Waals surface area contributed by atoms with Crippen LogP contribution in [0.5, 0.6) is 0 Å². The van der Waals surface area contributed by atoms with E-state index in [2.05, 4.69) is 43.3 Å². The third-order valence-electron chi connectivity index (χ3n) is 1.89. The van der Waals surface area contributed by atoms with Crippen molar-refractivity contribution in [2.45, 2.75) is 13.8 Å². The predicted molar refractivity (Wildman–Crippen MR) is 58.2 cm³/mol. The van der Waals surface area contributed by atoms with E-state index < -0.39 is 0 Å². The lowest BCUT2D eigenvalue weighted by molar-refractivity contribution is 0.622. The van der Waals surface area contributed by atoms with Crippen molar-refractivity contribution in [3.63, 3.8) is 0 Å². The normalized spacial score (nSPS) is 19.8. The zero-order valence-electron chi connectivity index (χ0n) is 8.12. The molecule has 1 aliphatic carbocycles. The molecule has 0 unspecified atom stereocenters. The van der Waals surface area contributed by atoms with Crippen molar-refractivity contribution < 1.29 is 0 Å². The van der Waals surface area contributed by atoms with Gasteiger partial charge in [-0.25, -0.2) is 0 Å². The average molecular weight is 174 g/mol. The molecule has 0 aliphatic heterocycles. The lowest BCUT2D eigenvalue weighted by Crippen LogP contribution is -2.02. The predicted octanol–water partition coefficient (Wildman–Crippen LogP) is 2.75. The third-order valence-corrected chi connectivity index (χ3v) is 1.89. The molecule has 2 nitrogen and oxygen atoms in total. The van der Waals surface area contributed by atoms with E-state index >= 15 is 0 Å². The fourth-order valence-corrected chi connectivity index (χ4v) is 1.21. The van der Waals surface area contributed by atoms with Crippen molar-refractivity contribution in [1.29, 1.82) is 0 Å². The fourth-order valence-electron chi connectivity index (χ4n) is 1.21. The van der Waals surface area contributed by atoms with Crippen LogP contribution in [-0.4, -0.2) is 13.4 Å². The zero-order chi connectivity index (χ0) is 9.90. The molecule has 0 saturated heterocycles. The van der Waals surface area contributed by atoms with Gasteiger partial charge >= 0.3 is 0 Å².